The standard InChI is InChI=1S/C14H20ClN5O2/c1-2-3-9(22)10-7(5-21)4-8(10)20-6-17-11-12(15)18-14(16)19-13(11)20/h6-10,21-22H,2-5H2,1H3,(H2,16,18,19). The molecule has 2 heterocycles. The van der Waals surface area contributed by atoms with E-state index in [0.717, 1.165) is 12.8 Å². The number of imidazole rings is 1. The quantitative estimate of drug-likeness (QED) is 0.717. The Labute approximate surface area is 133 Å². The van der Waals surface area contributed by atoms with Crippen LogP contribution >= 0.6 is 11.6 Å². The molecule has 0 aromatic carbocycles. The highest BCUT2D eigenvalue weighted by atomic mass is 35.5. The summed E-state index contributed by atoms with van der Waals surface area (Å²) in [4.78, 5) is 12.4. The molecule has 120 valence electrons. The summed E-state index contributed by atoms with van der Waals surface area (Å²) in [6, 6.07) is 0.0362. The molecule has 0 saturated heterocycles. The van der Waals surface area contributed by atoms with Gasteiger partial charge in [0.05, 0.1) is 12.4 Å². The molecule has 4 unspecified atom stereocenters. The Kier molecular flexibility index (Phi) is 4.20. The molecule has 0 bridgehead atoms. The normalized spacial score (nSPS) is 26.1. The zero-order valence-corrected chi connectivity index (χ0v) is 13.1. The zero-order chi connectivity index (χ0) is 15.9. The van der Waals surface area contributed by atoms with Crippen LogP contribution in [0.3, 0.4) is 0 Å². The first-order chi connectivity index (χ1) is 10.6. The van der Waals surface area contributed by atoms with Gasteiger partial charge in [-0.05, 0) is 18.8 Å². The molecule has 3 rings (SSSR count). The first kappa shape index (κ1) is 15.5. The van der Waals surface area contributed by atoms with Gasteiger partial charge in [0, 0.05) is 18.6 Å². The molecule has 0 spiro atoms. The molecule has 1 fully saturated rings. The predicted molar refractivity (Wildman–Crippen MR) is 83.4 cm³/mol. The Bertz CT molecular complexity index is 677. The van der Waals surface area contributed by atoms with E-state index in [1.165, 1.54) is 0 Å². The minimum absolute atomic E-state index is 0.0164. The highest BCUT2D eigenvalue weighted by Gasteiger charge is 2.46. The average molecular weight is 326 g/mol. The van der Waals surface area contributed by atoms with Crippen LogP contribution in [0.25, 0.3) is 11.2 Å². The topological polar surface area (TPSA) is 110 Å². The Morgan fingerprint density at radius 1 is 1.50 bits per heavy atom. The maximum Gasteiger partial charge on any atom is 0.223 e. The number of aliphatic hydroxyl groups excluding tert-OH is 2. The summed E-state index contributed by atoms with van der Waals surface area (Å²) in [6.07, 6.45) is 3.59. The molecule has 1 aliphatic rings. The molecule has 8 heteroatoms. The van der Waals surface area contributed by atoms with Crippen LogP contribution in [-0.4, -0.2) is 42.4 Å². The number of hydrogen-bond acceptors (Lipinski definition) is 6. The van der Waals surface area contributed by atoms with Crippen LogP contribution in [-0.2, 0) is 0 Å². The van der Waals surface area contributed by atoms with Crippen molar-refractivity contribution in [2.75, 3.05) is 12.3 Å². The molecule has 7 nitrogen and oxygen atoms in total. The van der Waals surface area contributed by atoms with Crippen LogP contribution in [0.4, 0.5) is 5.95 Å². The Morgan fingerprint density at radius 2 is 2.27 bits per heavy atom. The molecular weight excluding hydrogens is 306 g/mol. The second-order valence-electron chi connectivity index (χ2n) is 5.88. The maximum absolute atomic E-state index is 10.4. The van der Waals surface area contributed by atoms with Crippen LogP contribution in [0.2, 0.25) is 5.15 Å². The smallest absolute Gasteiger partial charge is 0.223 e. The molecule has 0 aliphatic heterocycles. The number of aliphatic hydroxyl groups is 2. The van der Waals surface area contributed by atoms with Crippen molar-refractivity contribution < 1.29 is 10.2 Å². The number of nitrogen functional groups attached to an aromatic ring is 1. The summed E-state index contributed by atoms with van der Waals surface area (Å²) < 4.78 is 1.90. The Hall–Kier alpha value is -1.44. The summed E-state index contributed by atoms with van der Waals surface area (Å²) >= 11 is 6.05. The number of fused-ring (bicyclic) bond motifs is 1. The van der Waals surface area contributed by atoms with Crippen LogP contribution in [0, 0.1) is 11.8 Å². The summed E-state index contributed by atoms with van der Waals surface area (Å²) in [5.74, 6) is 0.180. The lowest BCUT2D eigenvalue weighted by molar-refractivity contribution is -0.0574. The fourth-order valence-electron chi connectivity index (χ4n) is 3.44. The van der Waals surface area contributed by atoms with E-state index in [1.54, 1.807) is 6.33 Å². The monoisotopic (exact) mass is 325 g/mol. The minimum Gasteiger partial charge on any atom is -0.396 e. The molecular formula is C14H20ClN5O2. The lowest BCUT2D eigenvalue weighted by Crippen LogP contribution is -2.47. The Balaban J connectivity index is 1.97. The van der Waals surface area contributed by atoms with Crippen LogP contribution in [0.15, 0.2) is 6.33 Å². The van der Waals surface area contributed by atoms with Crippen molar-refractivity contribution in [1.82, 2.24) is 19.5 Å². The SMILES string of the molecule is CCCC(O)C1C(CO)CC1n1cnc2c(Cl)nc(N)nc21. The lowest BCUT2D eigenvalue weighted by atomic mass is 9.66. The van der Waals surface area contributed by atoms with Gasteiger partial charge in [-0.15, -0.1) is 0 Å². The van der Waals surface area contributed by atoms with Gasteiger partial charge in [-0.3, -0.25) is 0 Å². The molecule has 4 atom stereocenters. The minimum atomic E-state index is -0.451. The van der Waals surface area contributed by atoms with Crippen molar-refractivity contribution in [3.05, 3.63) is 11.5 Å². The third-order valence-electron chi connectivity index (χ3n) is 4.55. The van der Waals surface area contributed by atoms with Gasteiger partial charge in [-0.25, -0.2) is 4.98 Å². The molecule has 0 amide bonds. The molecule has 0 radical (unpaired) electrons. The van der Waals surface area contributed by atoms with Crippen molar-refractivity contribution >= 4 is 28.7 Å². The van der Waals surface area contributed by atoms with Gasteiger partial charge in [0.2, 0.25) is 5.95 Å². The van der Waals surface area contributed by atoms with Gasteiger partial charge in [0.25, 0.3) is 0 Å². The second kappa shape index (κ2) is 5.98. The number of nitrogens with two attached hydrogens (primary N) is 1. The van der Waals surface area contributed by atoms with Crippen molar-refractivity contribution in [3.63, 3.8) is 0 Å². The maximum atomic E-state index is 10.4. The molecule has 22 heavy (non-hydrogen) atoms. The molecule has 4 N–H and O–H groups in total. The van der Waals surface area contributed by atoms with Gasteiger partial charge in [-0.1, -0.05) is 24.9 Å². The number of nitrogens with zero attached hydrogens (tertiary/aromatic N) is 4. The first-order valence-corrected chi connectivity index (χ1v) is 7.89. The molecule has 1 saturated carbocycles. The van der Waals surface area contributed by atoms with E-state index in [1.807, 2.05) is 11.5 Å². The summed E-state index contributed by atoms with van der Waals surface area (Å²) in [5.41, 5.74) is 6.75. The fraction of sp³-hybridized carbons (Fsp3) is 0.643. The van der Waals surface area contributed by atoms with Crippen molar-refractivity contribution in [1.29, 1.82) is 0 Å². The number of rotatable bonds is 5. The van der Waals surface area contributed by atoms with E-state index in [-0.39, 0.29) is 35.6 Å². The first-order valence-electron chi connectivity index (χ1n) is 7.51. The van der Waals surface area contributed by atoms with Gasteiger partial charge >= 0.3 is 0 Å². The molecule has 2 aromatic rings. The van der Waals surface area contributed by atoms with Gasteiger partial charge < -0.3 is 20.5 Å². The van der Waals surface area contributed by atoms with Crippen LogP contribution in [0.5, 0.6) is 0 Å². The van der Waals surface area contributed by atoms with Crippen molar-refractivity contribution in [2.45, 2.75) is 38.3 Å². The number of anilines is 1. The number of halogens is 1. The third kappa shape index (κ3) is 2.43. The van der Waals surface area contributed by atoms with E-state index in [9.17, 15) is 10.2 Å². The molecule has 1 aliphatic carbocycles. The predicted octanol–water partition coefficient (Wildman–Crippen LogP) is 1.39. The van der Waals surface area contributed by atoms with E-state index < -0.39 is 6.10 Å². The third-order valence-corrected chi connectivity index (χ3v) is 4.81. The van der Waals surface area contributed by atoms with Crippen molar-refractivity contribution in [2.24, 2.45) is 11.8 Å². The van der Waals surface area contributed by atoms with E-state index in [4.69, 9.17) is 17.3 Å². The largest absolute Gasteiger partial charge is 0.396 e. The van der Waals surface area contributed by atoms with Crippen molar-refractivity contribution in [3.8, 4) is 0 Å². The fourth-order valence-corrected chi connectivity index (χ4v) is 3.66. The highest BCUT2D eigenvalue weighted by Crippen LogP contribution is 2.47. The average Bonchev–Trinajstić information content (AvgIpc) is 2.82. The number of hydrogen-bond donors (Lipinski definition) is 3. The highest BCUT2D eigenvalue weighted by molar-refractivity contribution is 6.33. The summed E-state index contributed by atoms with van der Waals surface area (Å²) in [7, 11) is 0. The van der Waals surface area contributed by atoms with E-state index in [0.29, 0.717) is 17.6 Å². The lowest BCUT2D eigenvalue weighted by Gasteiger charge is -2.47. The number of aromatic nitrogens is 4. The summed E-state index contributed by atoms with van der Waals surface area (Å²) in [6.45, 7) is 2.11. The van der Waals surface area contributed by atoms with Gasteiger partial charge in [0.15, 0.2) is 10.8 Å². The summed E-state index contributed by atoms with van der Waals surface area (Å²) in [5, 5.41) is 20.1. The van der Waals surface area contributed by atoms with Crippen LogP contribution in [0.1, 0.15) is 32.2 Å². The second-order valence-corrected chi connectivity index (χ2v) is 6.23. The van der Waals surface area contributed by atoms with E-state index in [2.05, 4.69) is 15.0 Å². The molecule has 2 aromatic heterocycles. The van der Waals surface area contributed by atoms with E-state index >= 15 is 0 Å². The van der Waals surface area contributed by atoms with Gasteiger partial charge in [0.1, 0.15) is 5.52 Å². The van der Waals surface area contributed by atoms with Crippen LogP contribution < -0.4 is 5.73 Å². The zero-order valence-electron chi connectivity index (χ0n) is 12.4. The van der Waals surface area contributed by atoms with Gasteiger partial charge in [-0.2, -0.15) is 9.97 Å². The Morgan fingerprint density at radius 3 is 2.95 bits per heavy atom.